The summed E-state index contributed by atoms with van der Waals surface area (Å²) in [6.07, 6.45) is 2.43. The first-order valence-corrected chi connectivity index (χ1v) is 12.3. The number of benzene rings is 2. The fraction of sp³-hybridized carbons (Fsp3) is 0.333. The minimum Gasteiger partial charge on any atom is -0.300 e. The van der Waals surface area contributed by atoms with Gasteiger partial charge < -0.3 is 0 Å². The molecule has 0 fully saturated rings. The van der Waals surface area contributed by atoms with Gasteiger partial charge in [-0.2, -0.15) is 0 Å². The molecule has 0 saturated heterocycles. The molecule has 7 heteroatoms. The molecule has 4 aromatic rings. The van der Waals surface area contributed by atoms with Gasteiger partial charge in [0.05, 0.1) is 22.1 Å². The Morgan fingerprint density at radius 1 is 1.10 bits per heavy atom. The lowest BCUT2D eigenvalue weighted by atomic mass is 10.0. The second-order valence-corrected chi connectivity index (χ2v) is 10.1. The number of ketones is 1. The first-order valence-electron chi connectivity index (χ1n) is 10.6. The maximum absolute atomic E-state index is 11.4. The molecule has 0 aliphatic carbocycles. The highest BCUT2D eigenvalue weighted by atomic mass is 32.1. The number of hydrogen-bond donors (Lipinski definition) is 0. The number of carbonyl (C=O) groups is 1. The molecule has 1 aliphatic rings. The molecule has 0 radical (unpaired) electrons. The standard InChI is InChI=1S/C24H24N4OS2/c1-15(29)11-23-26-27-24(31-23)20-4-3-17-7-9-28(10-8-19(17)12-20)16(2)18-5-6-22-21(13-18)25-14-30-22/h3-6,12-14,16H,7-11H2,1-2H3/t16-/m1/s1. The van der Waals surface area contributed by atoms with E-state index in [1.54, 1.807) is 18.3 Å². The van der Waals surface area contributed by atoms with Crippen LogP contribution in [-0.4, -0.2) is 39.0 Å². The highest BCUT2D eigenvalue weighted by Crippen LogP contribution is 2.30. The lowest BCUT2D eigenvalue weighted by molar-refractivity contribution is -0.116. The first-order chi connectivity index (χ1) is 15.1. The summed E-state index contributed by atoms with van der Waals surface area (Å²) in [4.78, 5) is 18.4. The lowest BCUT2D eigenvalue weighted by Gasteiger charge is -2.28. The van der Waals surface area contributed by atoms with Gasteiger partial charge in [0.1, 0.15) is 15.8 Å². The van der Waals surface area contributed by atoms with Gasteiger partial charge in [0.2, 0.25) is 0 Å². The van der Waals surface area contributed by atoms with E-state index in [0.29, 0.717) is 12.5 Å². The van der Waals surface area contributed by atoms with Crippen molar-refractivity contribution in [1.29, 1.82) is 0 Å². The van der Waals surface area contributed by atoms with Crippen LogP contribution in [0, 0.1) is 0 Å². The van der Waals surface area contributed by atoms with E-state index in [9.17, 15) is 4.79 Å². The highest BCUT2D eigenvalue weighted by Gasteiger charge is 2.21. The molecule has 2 aromatic heterocycles. The van der Waals surface area contributed by atoms with Crippen molar-refractivity contribution in [2.75, 3.05) is 13.1 Å². The van der Waals surface area contributed by atoms with Crippen LogP contribution in [-0.2, 0) is 24.1 Å². The van der Waals surface area contributed by atoms with Crippen LogP contribution in [0.5, 0.6) is 0 Å². The monoisotopic (exact) mass is 448 g/mol. The van der Waals surface area contributed by atoms with Crippen molar-refractivity contribution in [3.63, 3.8) is 0 Å². The van der Waals surface area contributed by atoms with Crippen LogP contribution in [0.25, 0.3) is 20.8 Å². The predicted octanol–water partition coefficient (Wildman–Crippen LogP) is 5.11. The molecule has 0 saturated carbocycles. The molecule has 5 nitrogen and oxygen atoms in total. The fourth-order valence-electron chi connectivity index (χ4n) is 4.26. The summed E-state index contributed by atoms with van der Waals surface area (Å²) in [5.74, 6) is 0.118. The molecule has 0 spiro atoms. The molecular formula is C24H24N4OS2. The maximum atomic E-state index is 11.4. The Labute approximate surface area is 189 Å². The summed E-state index contributed by atoms with van der Waals surface area (Å²) in [7, 11) is 0. The van der Waals surface area contributed by atoms with E-state index in [-0.39, 0.29) is 5.78 Å². The number of aromatic nitrogens is 3. The van der Waals surface area contributed by atoms with Crippen molar-refractivity contribution in [3.8, 4) is 10.6 Å². The van der Waals surface area contributed by atoms with Crippen molar-refractivity contribution < 1.29 is 4.79 Å². The Bertz CT molecular complexity index is 1250. The maximum Gasteiger partial charge on any atom is 0.147 e. The summed E-state index contributed by atoms with van der Waals surface area (Å²) in [5, 5.41) is 10.2. The van der Waals surface area contributed by atoms with Gasteiger partial charge in [-0.15, -0.1) is 21.5 Å². The number of carbonyl (C=O) groups excluding carboxylic acids is 1. The summed E-state index contributed by atoms with van der Waals surface area (Å²) < 4.78 is 1.25. The second-order valence-electron chi connectivity index (χ2n) is 8.15. The molecule has 3 heterocycles. The molecule has 1 aliphatic heterocycles. The summed E-state index contributed by atoms with van der Waals surface area (Å²) in [6, 6.07) is 13.7. The molecule has 0 amide bonds. The third kappa shape index (κ3) is 4.31. The minimum atomic E-state index is 0.118. The van der Waals surface area contributed by atoms with E-state index < -0.39 is 0 Å². The van der Waals surface area contributed by atoms with Gasteiger partial charge >= 0.3 is 0 Å². The van der Waals surface area contributed by atoms with E-state index in [2.05, 4.69) is 63.4 Å². The lowest BCUT2D eigenvalue weighted by Crippen LogP contribution is -2.29. The molecule has 5 rings (SSSR count). The van der Waals surface area contributed by atoms with Crippen LogP contribution in [0.3, 0.4) is 0 Å². The van der Waals surface area contributed by atoms with Gasteiger partial charge in [-0.1, -0.05) is 29.5 Å². The largest absolute Gasteiger partial charge is 0.300 e. The quantitative estimate of drug-likeness (QED) is 0.425. The molecule has 158 valence electrons. The zero-order valence-electron chi connectivity index (χ0n) is 17.7. The fourth-order valence-corrected chi connectivity index (χ4v) is 5.83. The Morgan fingerprint density at radius 2 is 1.94 bits per heavy atom. The van der Waals surface area contributed by atoms with Crippen molar-refractivity contribution >= 4 is 38.7 Å². The van der Waals surface area contributed by atoms with E-state index in [1.165, 1.54) is 32.7 Å². The molecule has 0 N–H and O–H groups in total. The van der Waals surface area contributed by atoms with Gasteiger partial charge in [0.25, 0.3) is 0 Å². The average Bonchev–Trinajstić information content (AvgIpc) is 3.37. The van der Waals surface area contributed by atoms with Crippen LogP contribution in [0.1, 0.15) is 41.6 Å². The van der Waals surface area contributed by atoms with Gasteiger partial charge in [-0.3, -0.25) is 9.69 Å². The minimum absolute atomic E-state index is 0.118. The molecule has 0 unspecified atom stereocenters. The van der Waals surface area contributed by atoms with Crippen LogP contribution < -0.4 is 0 Å². The van der Waals surface area contributed by atoms with E-state index in [1.807, 2.05) is 5.51 Å². The summed E-state index contributed by atoms with van der Waals surface area (Å²) in [6.45, 7) is 5.96. The zero-order chi connectivity index (χ0) is 21.4. The van der Waals surface area contributed by atoms with Gasteiger partial charge in [-0.05, 0) is 61.6 Å². The smallest absolute Gasteiger partial charge is 0.147 e. The van der Waals surface area contributed by atoms with Crippen molar-refractivity contribution in [2.24, 2.45) is 0 Å². The molecule has 1 atom stereocenters. The number of fused-ring (bicyclic) bond motifs is 2. The number of Topliss-reactive ketones (excluding diaryl/α,β-unsaturated/α-hetero) is 1. The van der Waals surface area contributed by atoms with Gasteiger partial charge in [-0.25, -0.2) is 4.98 Å². The van der Waals surface area contributed by atoms with Crippen molar-refractivity contribution in [3.05, 3.63) is 63.6 Å². The Balaban J connectivity index is 1.33. The van der Waals surface area contributed by atoms with Crippen LogP contribution >= 0.6 is 22.7 Å². The van der Waals surface area contributed by atoms with Gasteiger partial charge in [0, 0.05) is 24.7 Å². The molecule has 2 aromatic carbocycles. The second kappa shape index (κ2) is 8.57. The van der Waals surface area contributed by atoms with Crippen LogP contribution in [0.2, 0.25) is 0 Å². The SMILES string of the molecule is CC(=O)Cc1nnc(-c2ccc3c(c2)CCN([C@H](C)c2ccc4scnc4c2)CC3)s1. The van der Waals surface area contributed by atoms with Crippen LogP contribution in [0.4, 0.5) is 0 Å². The summed E-state index contributed by atoms with van der Waals surface area (Å²) in [5.41, 5.74) is 8.25. The zero-order valence-corrected chi connectivity index (χ0v) is 19.3. The van der Waals surface area contributed by atoms with E-state index in [0.717, 1.165) is 47.0 Å². The predicted molar refractivity (Wildman–Crippen MR) is 127 cm³/mol. The highest BCUT2D eigenvalue weighted by molar-refractivity contribution is 7.16. The van der Waals surface area contributed by atoms with E-state index in [4.69, 9.17) is 0 Å². The number of hydrogen-bond acceptors (Lipinski definition) is 7. The summed E-state index contributed by atoms with van der Waals surface area (Å²) >= 11 is 3.21. The third-order valence-electron chi connectivity index (χ3n) is 6.04. The topological polar surface area (TPSA) is 59.0 Å². The number of nitrogens with zero attached hydrogens (tertiary/aromatic N) is 4. The molecular weight excluding hydrogens is 424 g/mol. The van der Waals surface area contributed by atoms with Gasteiger partial charge in [0.15, 0.2) is 0 Å². The third-order valence-corrected chi connectivity index (χ3v) is 7.82. The van der Waals surface area contributed by atoms with E-state index >= 15 is 0 Å². The molecule has 31 heavy (non-hydrogen) atoms. The molecule has 0 bridgehead atoms. The normalized spacial score (nSPS) is 15.5. The number of rotatable bonds is 5. The Hall–Kier alpha value is -2.48. The Kier molecular flexibility index (Phi) is 5.65. The average molecular weight is 449 g/mol. The van der Waals surface area contributed by atoms with Crippen LogP contribution in [0.15, 0.2) is 41.9 Å². The first kappa shape index (κ1) is 20.4. The Morgan fingerprint density at radius 3 is 2.77 bits per heavy atom. The van der Waals surface area contributed by atoms with Crippen molar-refractivity contribution in [1.82, 2.24) is 20.1 Å². The van der Waals surface area contributed by atoms with Crippen molar-refractivity contribution in [2.45, 2.75) is 39.2 Å². The number of thiazole rings is 1.